The standard InChI is InChI=1S/C24H32ClN3O6S/c1-16(2)26-24(30)17(3)27(14-18-7-9-19(25)10-8-18)23(29)15-28(35(6,31)32)20-11-12-21(33-4)22(13-20)34-5/h7-13,16-17H,14-15H2,1-6H3,(H,26,30). The van der Waals surface area contributed by atoms with Crippen LogP contribution in [0.1, 0.15) is 26.3 Å². The molecule has 0 aromatic heterocycles. The first-order valence-electron chi connectivity index (χ1n) is 10.9. The van der Waals surface area contributed by atoms with E-state index < -0.39 is 28.5 Å². The number of nitrogens with zero attached hydrogens (tertiary/aromatic N) is 2. The van der Waals surface area contributed by atoms with Crippen LogP contribution in [0.3, 0.4) is 0 Å². The monoisotopic (exact) mass is 525 g/mol. The summed E-state index contributed by atoms with van der Waals surface area (Å²) in [6.45, 7) is 4.82. The van der Waals surface area contributed by atoms with E-state index in [0.29, 0.717) is 16.5 Å². The molecule has 0 bridgehead atoms. The van der Waals surface area contributed by atoms with E-state index in [1.807, 2.05) is 13.8 Å². The van der Waals surface area contributed by atoms with Crippen molar-refractivity contribution in [2.45, 2.75) is 39.4 Å². The molecular formula is C24H32ClN3O6S. The fourth-order valence-electron chi connectivity index (χ4n) is 3.37. The lowest BCUT2D eigenvalue weighted by molar-refractivity contribution is -0.139. The second-order valence-corrected chi connectivity index (χ2v) is 10.6. The molecule has 0 radical (unpaired) electrons. The SMILES string of the molecule is COc1ccc(N(CC(=O)N(Cc2ccc(Cl)cc2)C(C)C(=O)NC(C)C)S(C)(=O)=O)cc1OC. The summed E-state index contributed by atoms with van der Waals surface area (Å²) in [7, 11) is -0.966. The molecule has 35 heavy (non-hydrogen) atoms. The number of carbonyl (C=O) groups is 2. The third-order valence-electron chi connectivity index (χ3n) is 5.20. The van der Waals surface area contributed by atoms with Gasteiger partial charge in [0.25, 0.3) is 0 Å². The molecule has 0 spiro atoms. The number of rotatable bonds is 11. The van der Waals surface area contributed by atoms with Crippen molar-refractivity contribution in [2.24, 2.45) is 0 Å². The van der Waals surface area contributed by atoms with Crippen molar-refractivity contribution in [1.82, 2.24) is 10.2 Å². The van der Waals surface area contributed by atoms with Crippen molar-refractivity contribution in [1.29, 1.82) is 0 Å². The Morgan fingerprint density at radius 2 is 1.60 bits per heavy atom. The summed E-state index contributed by atoms with van der Waals surface area (Å²) in [5.74, 6) is -0.168. The molecular weight excluding hydrogens is 494 g/mol. The van der Waals surface area contributed by atoms with Gasteiger partial charge in [-0.15, -0.1) is 0 Å². The van der Waals surface area contributed by atoms with Crippen LogP contribution < -0.4 is 19.1 Å². The van der Waals surface area contributed by atoms with Crippen molar-refractivity contribution in [3.05, 3.63) is 53.1 Å². The van der Waals surface area contributed by atoms with Gasteiger partial charge in [-0.3, -0.25) is 13.9 Å². The van der Waals surface area contributed by atoms with Gasteiger partial charge in [-0.1, -0.05) is 23.7 Å². The average molecular weight is 526 g/mol. The third-order valence-corrected chi connectivity index (χ3v) is 6.59. The highest BCUT2D eigenvalue weighted by molar-refractivity contribution is 7.92. The van der Waals surface area contributed by atoms with Crippen LogP contribution in [-0.2, 0) is 26.2 Å². The number of anilines is 1. The predicted octanol–water partition coefficient (Wildman–Crippen LogP) is 3.07. The van der Waals surface area contributed by atoms with Crippen molar-refractivity contribution in [3.8, 4) is 11.5 Å². The Kier molecular flexibility index (Phi) is 9.79. The maximum absolute atomic E-state index is 13.5. The minimum Gasteiger partial charge on any atom is -0.493 e. The molecule has 2 aromatic carbocycles. The molecule has 0 aliphatic rings. The van der Waals surface area contributed by atoms with Crippen LogP contribution in [0, 0.1) is 0 Å². The largest absolute Gasteiger partial charge is 0.493 e. The quantitative estimate of drug-likeness (QED) is 0.483. The second kappa shape index (κ2) is 12.1. The van der Waals surface area contributed by atoms with Crippen molar-refractivity contribution >= 4 is 39.1 Å². The molecule has 2 aromatic rings. The minimum atomic E-state index is -3.86. The van der Waals surface area contributed by atoms with Crippen LogP contribution in [0.2, 0.25) is 5.02 Å². The van der Waals surface area contributed by atoms with Crippen LogP contribution >= 0.6 is 11.6 Å². The maximum Gasteiger partial charge on any atom is 0.244 e. The Balaban J connectivity index is 2.43. The smallest absolute Gasteiger partial charge is 0.244 e. The van der Waals surface area contributed by atoms with Gasteiger partial charge in [0.2, 0.25) is 21.8 Å². The Hall–Kier alpha value is -2.98. The third kappa shape index (κ3) is 7.76. The molecule has 0 saturated carbocycles. The number of benzene rings is 2. The van der Waals surface area contributed by atoms with E-state index in [4.69, 9.17) is 21.1 Å². The Bertz CT molecular complexity index is 1140. The molecule has 11 heteroatoms. The molecule has 1 atom stereocenters. The molecule has 0 aliphatic heterocycles. The summed E-state index contributed by atoms with van der Waals surface area (Å²) in [5, 5.41) is 3.34. The number of halogens is 1. The molecule has 0 saturated heterocycles. The van der Waals surface area contributed by atoms with E-state index in [0.717, 1.165) is 16.1 Å². The minimum absolute atomic E-state index is 0.0895. The lowest BCUT2D eigenvalue weighted by atomic mass is 10.1. The van der Waals surface area contributed by atoms with E-state index in [1.165, 1.54) is 31.3 Å². The second-order valence-electron chi connectivity index (χ2n) is 8.30. The zero-order chi connectivity index (χ0) is 26.3. The van der Waals surface area contributed by atoms with Crippen molar-refractivity contribution in [3.63, 3.8) is 0 Å². The summed E-state index contributed by atoms with van der Waals surface area (Å²) in [6.07, 6.45) is 1.01. The van der Waals surface area contributed by atoms with Gasteiger partial charge >= 0.3 is 0 Å². The number of methoxy groups -OCH3 is 2. The molecule has 1 unspecified atom stereocenters. The first-order chi connectivity index (χ1) is 16.4. The topological polar surface area (TPSA) is 105 Å². The maximum atomic E-state index is 13.5. The fraction of sp³-hybridized carbons (Fsp3) is 0.417. The van der Waals surface area contributed by atoms with E-state index in [2.05, 4.69) is 5.32 Å². The molecule has 0 aliphatic carbocycles. The highest BCUT2D eigenvalue weighted by Crippen LogP contribution is 2.32. The Labute approximate surface area is 212 Å². The zero-order valence-electron chi connectivity index (χ0n) is 20.7. The van der Waals surface area contributed by atoms with Crippen LogP contribution in [-0.4, -0.2) is 64.2 Å². The lowest BCUT2D eigenvalue weighted by Crippen LogP contribution is -2.52. The van der Waals surface area contributed by atoms with Gasteiger partial charge in [0.1, 0.15) is 12.6 Å². The number of hydrogen-bond acceptors (Lipinski definition) is 6. The number of nitrogens with one attached hydrogen (secondary N) is 1. The van der Waals surface area contributed by atoms with Gasteiger partial charge in [0.05, 0.1) is 26.2 Å². The summed E-state index contributed by atoms with van der Waals surface area (Å²) in [4.78, 5) is 27.6. The number of hydrogen-bond donors (Lipinski definition) is 1. The summed E-state index contributed by atoms with van der Waals surface area (Å²) < 4.78 is 36.8. The highest BCUT2D eigenvalue weighted by atomic mass is 35.5. The summed E-state index contributed by atoms with van der Waals surface area (Å²) in [6, 6.07) is 10.4. The molecule has 2 amide bonds. The lowest BCUT2D eigenvalue weighted by Gasteiger charge is -2.32. The van der Waals surface area contributed by atoms with Gasteiger partial charge in [0.15, 0.2) is 11.5 Å². The number of sulfonamides is 1. The average Bonchev–Trinajstić information content (AvgIpc) is 2.79. The fourth-order valence-corrected chi connectivity index (χ4v) is 4.34. The van der Waals surface area contributed by atoms with Crippen LogP contribution in [0.5, 0.6) is 11.5 Å². The first kappa shape index (κ1) is 28.3. The zero-order valence-corrected chi connectivity index (χ0v) is 22.3. The molecule has 2 rings (SSSR count). The molecule has 0 fully saturated rings. The highest BCUT2D eigenvalue weighted by Gasteiger charge is 2.30. The summed E-state index contributed by atoms with van der Waals surface area (Å²) in [5.41, 5.74) is 0.966. The molecule has 0 heterocycles. The first-order valence-corrected chi connectivity index (χ1v) is 13.1. The normalized spacial score (nSPS) is 12.1. The van der Waals surface area contributed by atoms with Gasteiger partial charge in [-0.2, -0.15) is 0 Å². The number of ether oxygens (including phenoxy) is 2. The van der Waals surface area contributed by atoms with Gasteiger partial charge < -0.3 is 19.7 Å². The van der Waals surface area contributed by atoms with Gasteiger partial charge in [-0.25, -0.2) is 8.42 Å². The van der Waals surface area contributed by atoms with Crippen LogP contribution in [0.15, 0.2) is 42.5 Å². The van der Waals surface area contributed by atoms with E-state index >= 15 is 0 Å². The van der Waals surface area contributed by atoms with E-state index in [1.54, 1.807) is 37.3 Å². The number of carbonyl (C=O) groups excluding carboxylic acids is 2. The summed E-state index contributed by atoms with van der Waals surface area (Å²) >= 11 is 5.98. The Morgan fingerprint density at radius 3 is 2.11 bits per heavy atom. The van der Waals surface area contributed by atoms with Crippen LogP contribution in [0.4, 0.5) is 5.69 Å². The van der Waals surface area contributed by atoms with E-state index in [9.17, 15) is 18.0 Å². The van der Waals surface area contributed by atoms with E-state index in [-0.39, 0.29) is 24.2 Å². The predicted molar refractivity (Wildman–Crippen MR) is 136 cm³/mol. The Morgan fingerprint density at radius 1 is 1.00 bits per heavy atom. The van der Waals surface area contributed by atoms with Crippen molar-refractivity contribution in [2.75, 3.05) is 31.3 Å². The van der Waals surface area contributed by atoms with Gasteiger partial charge in [-0.05, 0) is 50.6 Å². The van der Waals surface area contributed by atoms with Crippen LogP contribution in [0.25, 0.3) is 0 Å². The molecule has 1 N–H and O–H groups in total. The molecule has 192 valence electrons. The van der Waals surface area contributed by atoms with Crippen molar-refractivity contribution < 1.29 is 27.5 Å². The number of amides is 2. The molecule has 9 nitrogen and oxygen atoms in total. The van der Waals surface area contributed by atoms with Gasteiger partial charge in [0, 0.05) is 23.7 Å².